The lowest BCUT2D eigenvalue weighted by Gasteiger charge is -2.17. The van der Waals surface area contributed by atoms with Gasteiger partial charge in [0.1, 0.15) is 12.4 Å². The number of H-pyrrole nitrogens is 1. The van der Waals surface area contributed by atoms with Crippen LogP contribution in [-0.2, 0) is 5.92 Å². The van der Waals surface area contributed by atoms with Crippen LogP contribution >= 0.6 is 0 Å². The molecule has 0 spiro atoms. The minimum Gasteiger partial charge on any atom is -0.710 e. The number of rotatable bonds is 10. The summed E-state index contributed by atoms with van der Waals surface area (Å²) >= 11 is 0. The van der Waals surface area contributed by atoms with Crippen LogP contribution in [0.3, 0.4) is 0 Å². The Kier molecular flexibility index (Phi) is 8.16. The van der Waals surface area contributed by atoms with Crippen molar-refractivity contribution in [1.29, 1.82) is 0 Å². The number of aromatic amines is 1. The van der Waals surface area contributed by atoms with Gasteiger partial charge in [-0.15, -0.1) is 0 Å². The summed E-state index contributed by atoms with van der Waals surface area (Å²) in [5.74, 6) is -3.48. The van der Waals surface area contributed by atoms with Crippen molar-refractivity contribution in [3.8, 4) is 28.3 Å². The molecule has 230 valence electrons. The number of amides is 1. The highest BCUT2D eigenvalue weighted by atomic mass is 19.3. The first-order valence-corrected chi connectivity index (χ1v) is 15.3. The number of aryl methyl sites for hydroxylation is 3. The topological polar surface area (TPSA) is 84.3 Å². The number of halogens is 2. The van der Waals surface area contributed by atoms with Gasteiger partial charge >= 0.3 is 0 Å². The fourth-order valence-corrected chi connectivity index (χ4v) is 6.21. The third-order valence-electron chi connectivity index (χ3n) is 8.70. The van der Waals surface area contributed by atoms with Gasteiger partial charge in [-0.2, -0.15) is 0 Å². The maximum atomic E-state index is 14.7. The molecule has 0 unspecified atom stereocenters. The van der Waals surface area contributed by atoms with Gasteiger partial charge in [-0.05, 0) is 105 Å². The van der Waals surface area contributed by atoms with E-state index in [9.17, 15) is 18.8 Å². The first kappa shape index (κ1) is 29.8. The monoisotopic (exact) mass is 600 g/mol. The molecule has 2 aliphatic rings. The number of anilines is 1. The van der Waals surface area contributed by atoms with Crippen LogP contribution in [-0.4, -0.2) is 42.0 Å². The number of hydrogen-bond donors (Lipinski definition) is 2. The van der Waals surface area contributed by atoms with Crippen molar-refractivity contribution < 1.29 is 23.0 Å². The molecule has 0 bridgehead atoms. The largest absolute Gasteiger partial charge is 0.710 e. The minimum absolute atomic E-state index is 0.131. The Morgan fingerprint density at radius 1 is 1.02 bits per heavy atom. The Morgan fingerprint density at radius 3 is 2.41 bits per heavy atom. The average molecular weight is 601 g/mol. The molecule has 4 aromatic rings. The average Bonchev–Trinajstić information content (AvgIpc) is 3.65. The zero-order chi connectivity index (χ0) is 31.0. The number of imidazole rings is 1. The van der Waals surface area contributed by atoms with Crippen LogP contribution in [0.4, 0.5) is 14.5 Å². The molecule has 1 saturated heterocycles. The van der Waals surface area contributed by atoms with E-state index in [0.29, 0.717) is 41.2 Å². The third kappa shape index (κ3) is 6.06. The molecule has 6 rings (SSSR count). The van der Waals surface area contributed by atoms with Crippen LogP contribution in [0.1, 0.15) is 58.6 Å². The molecule has 1 amide bonds. The smallest absolute Gasteiger partial charge is 0.300 e. The Labute approximate surface area is 256 Å². The van der Waals surface area contributed by atoms with Crippen molar-refractivity contribution in [2.75, 3.05) is 31.6 Å². The molecular weight excluding hydrogens is 562 g/mol. The number of nitrogens with one attached hydrogen (secondary N) is 2. The van der Waals surface area contributed by atoms with Gasteiger partial charge in [0, 0.05) is 30.6 Å². The summed E-state index contributed by atoms with van der Waals surface area (Å²) in [6, 6.07) is 17.5. The maximum absolute atomic E-state index is 14.7. The third-order valence-corrected chi connectivity index (χ3v) is 8.70. The Hall–Kier alpha value is -4.24. The molecule has 7 nitrogen and oxygen atoms in total. The zero-order valence-corrected chi connectivity index (χ0v) is 25.4. The van der Waals surface area contributed by atoms with Gasteiger partial charge in [0.15, 0.2) is 5.69 Å². The number of hydrogen-bond acceptors (Lipinski definition) is 4. The molecule has 44 heavy (non-hydrogen) atoms. The minimum atomic E-state index is -2.95. The van der Waals surface area contributed by atoms with Crippen LogP contribution in [0.25, 0.3) is 22.5 Å². The summed E-state index contributed by atoms with van der Waals surface area (Å²) in [6.45, 7) is 9.24. The predicted octanol–water partition coefficient (Wildman–Crippen LogP) is 7.14. The van der Waals surface area contributed by atoms with Crippen molar-refractivity contribution in [2.45, 2.75) is 52.4 Å². The SMILES string of the molecule is Cc1cccc(C)c1-c1cc(OCCN2CCCC2)cc(-c2[nH]c(C)c(C(=O)Nc3cccc(C(F)(F)C4CC4)c3)[n+]2[O-])c1. The summed E-state index contributed by atoms with van der Waals surface area (Å²) < 4.78 is 36.2. The van der Waals surface area contributed by atoms with E-state index < -0.39 is 17.7 Å². The Morgan fingerprint density at radius 2 is 1.70 bits per heavy atom. The lowest BCUT2D eigenvalue weighted by atomic mass is 9.94. The van der Waals surface area contributed by atoms with Gasteiger partial charge in [-0.3, -0.25) is 9.69 Å². The van der Waals surface area contributed by atoms with Gasteiger partial charge in [0.25, 0.3) is 17.7 Å². The summed E-state index contributed by atoms with van der Waals surface area (Å²) in [6.07, 6.45) is 3.38. The molecule has 1 saturated carbocycles. The van der Waals surface area contributed by atoms with Crippen molar-refractivity contribution >= 4 is 11.6 Å². The molecule has 2 N–H and O–H groups in total. The second kappa shape index (κ2) is 12.0. The summed E-state index contributed by atoms with van der Waals surface area (Å²) in [5, 5.41) is 16.3. The van der Waals surface area contributed by atoms with E-state index >= 15 is 0 Å². The van der Waals surface area contributed by atoms with E-state index in [1.807, 2.05) is 50.2 Å². The highest BCUT2D eigenvalue weighted by molar-refractivity contribution is 6.02. The fraction of sp³-hybridized carbons (Fsp3) is 0.371. The van der Waals surface area contributed by atoms with Gasteiger partial charge in [0.2, 0.25) is 5.69 Å². The van der Waals surface area contributed by atoms with Crippen molar-refractivity contribution in [2.24, 2.45) is 5.92 Å². The molecule has 9 heteroatoms. The maximum Gasteiger partial charge on any atom is 0.300 e. The number of nitrogens with zero attached hydrogens (tertiary/aromatic N) is 2. The van der Waals surface area contributed by atoms with E-state index in [4.69, 9.17) is 4.74 Å². The van der Waals surface area contributed by atoms with E-state index in [-0.39, 0.29) is 22.8 Å². The molecule has 0 radical (unpaired) electrons. The first-order chi connectivity index (χ1) is 21.1. The molecule has 3 aromatic carbocycles. The molecule has 1 aromatic heterocycles. The number of alkyl halides is 2. The van der Waals surface area contributed by atoms with Gasteiger partial charge < -0.3 is 15.3 Å². The Balaban J connectivity index is 1.31. The molecule has 1 aliphatic heterocycles. The van der Waals surface area contributed by atoms with Crippen LogP contribution < -0.4 is 14.8 Å². The van der Waals surface area contributed by atoms with Gasteiger partial charge in [0.05, 0.1) is 5.56 Å². The van der Waals surface area contributed by atoms with E-state index in [0.717, 1.165) is 41.9 Å². The summed E-state index contributed by atoms with van der Waals surface area (Å²) in [5.41, 5.74) is 5.02. The quantitative estimate of drug-likeness (QED) is 0.150. The number of ether oxygens (including phenoxy) is 1. The van der Waals surface area contributed by atoms with Crippen LogP contribution in [0.2, 0.25) is 0 Å². The standard InChI is InChI=1S/C35H38F2N4O3/c1-22-8-6-9-23(2)31(22)25-18-26(20-30(19-25)44-17-16-40-14-4-5-15-40)33-38-24(3)32(41(33)43)34(42)39-29-11-7-10-28(21-29)35(36,37)27-12-13-27/h6-11,18-21,27,38H,4-5,12-17H2,1-3H3,(H,39,42). The van der Waals surface area contributed by atoms with Crippen LogP contribution in [0.5, 0.6) is 5.75 Å². The second-order valence-corrected chi connectivity index (χ2v) is 12.1. The summed E-state index contributed by atoms with van der Waals surface area (Å²) in [4.78, 5) is 18.8. The Bertz CT molecular complexity index is 1670. The van der Waals surface area contributed by atoms with Crippen molar-refractivity contribution in [3.05, 3.63) is 93.9 Å². The number of likely N-dealkylation sites (tertiary alicyclic amines) is 1. The van der Waals surface area contributed by atoms with Crippen molar-refractivity contribution in [3.63, 3.8) is 0 Å². The predicted molar refractivity (Wildman–Crippen MR) is 167 cm³/mol. The molecule has 1 aliphatic carbocycles. The van der Waals surface area contributed by atoms with Crippen LogP contribution in [0, 0.1) is 31.9 Å². The lowest BCUT2D eigenvalue weighted by molar-refractivity contribution is -0.594. The number of aromatic nitrogens is 2. The summed E-state index contributed by atoms with van der Waals surface area (Å²) in [7, 11) is 0. The van der Waals surface area contributed by atoms with E-state index in [1.165, 1.54) is 31.0 Å². The van der Waals surface area contributed by atoms with E-state index in [1.54, 1.807) is 13.0 Å². The molecule has 0 atom stereocenters. The number of carbonyl (C=O) groups excluding carboxylic acids is 1. The highest BCUT2D eigenvalue weighted by Gasteiger charge is 2.48. The lowest BCUT2D eigenvalue weighted by Crippen LogP contribution is -2.36. The van der Waals surface area contributed by atoms with E-state index in [2.05, 4.69) is 15.2 Å². The van der Waals surface area contributed by atoms with Crippen molar-refractivity contribution in [1.82, 2.24) is 9.88 Å². The van der Waals surface area contributed by atoms with Gasteiger partial charge in [-0.25, -0.2) is 18.5 Å². The molecule has 2 heterocycles. The zero-order valence-electron chi connectivity index (χ0n) is 25.4. The van der Waals surface area contributed by atoms with Crippen LogP contribution in [0.15, 0.2) is 60.7 Å². The highest BCUT2D eigenvalue weighted by Crippen LogP contribution is 2.50. The van der Waals surface area contributed by atoms with Gasteiger partial charge in [-0.1, -0.05) is 30.3 Å². The molecule has 2 fully saturated rings. The fourth-order valence-electron chi connectivity index (χ4n) is 6.21. The number of carbonyl (C=O) groups is 1. The second-order valence-electron chi connectivity index (χ2n) is 12.1. The normalized spacial score (nSPS) is 15.5. The number of benzene rings is 3. The first-order valence-electron chi connectivity index (χ1n) is 15.3. The molecular formula is C35H38F2N4O3.